The van der Waals surface area contributed by atoms with E-state index in [2.05, 4.69) is 26.9 Å². The number of rotatable bonds is 9. The van der Waals surface area contributed by atoms with Crippen LogP contribution in [0.5, 0.6) is 0 Å². The normalized spacial score (nSPS) is 11.2. The number of methoxy groups -OCH3 is 1. The van der Waals surface area contributed by atoms with Crippen molar-refractivity contribution in [2.75, 3.05) is 31.7 Å². The predicted molar refractivity (Wildman–Crippen MR) is 136 cm³/mol. The summed E-state index contributed by atoms with van der Waals surface area (Å²) in [5, 5.41) is 5.21. The Morgan fingerprint density at radius 2 is 1.91 bits per heavy atom. The van der Waals surface area contributed by atoms with E-state index >= 15 is 4.39 Å². The first kappa shape index (κ1) is 24.5. The molecule has 0 saturated carbocycles. The smallest absolute Gasteiger partial charge is 0.266 e. The second kappa shape index (κ2) is 10.7. The van der Waals surface area contributed by atoms with Gasteiger partial charge in [-0.1, -0.05) is 0 Å². The van der Waals surface area contributed by atoms with Gasteiger partial charge in [-0.15, -0.1) is 0 Å². The zero-order valence-corrected chi connectivity index (χ0v) is 20.6. The van der Waals surface area contributed by atoms with Crippen molar-refractivity contribution in [3.8, 4) is 11.3 Å². The summed E-state index contributed by atoms with van der Waals surface area (Å²) in [7, 11) is 1.69. The Hall–Kier alpha value is -3.65. The molecule has 0 saturated heterocycles. The summed E-state index contributed by atoms with van der Waals surface area (Å²) in [5.74, 6) is -0.336. The van der Waals surface area contributed by atoms with Crippen molar-refractivity contribution < 1.29 is 9.13 Å². The van der Waals surface area contributed by atoms with Gasteiger partial charge < -0.3 is 9.64 Å². The first-order valence-corrected chi connectivity index (χ1v) is 11.8. The standard InChI is InChI=1S/C27H30FN5O2/c1-5-32(11-12-35-4)21-8-9-22-25(16-21)29-17-30-27(22)23-15-19(18(3)13-24(23)28)14-20-7-10-26(34)33(6-2)31-20/h7-10,13,15-17H,5-6,11-12,14H2,1-4H3. The fourth-order valence-electron chi connectivity index (χ4n) is 4.22. The van der Waals surface area contributed by atoms with Gasteiger partial charge in [0.25, 0.3) is 5.56 Å². The highest BCUT2D eigenvalue weighted by Crippen LogP contribution is 2.32. The van der Waals surface area contributed by atoms with Gasteiger partial charge in [-0.2, -0.15) is 5.10 Å². The summed E-state index contributed by atoms with van der Waals surface area (Å²) in [5.41, 5.74) is 5.11. The van der Waals surface area contributed by atoms with Crippen molar-refractivity contribution in [3.05, 3.63) is 81.8 Å². The van der Waals surface area contributed by atoms with Gasteiger partial charge in [0, 0.05) is 55.9 Å². The van der Waals surface area contributed by atoms with E-state index < -0.39 is 0 Å². The lowest BCUT2D eigenvalue weighted by Gasteiger charge is -2.23. The van der Waals surface area contributed by atoms with Gasteiger partial charge in [-0.25, -0.2) is 19.0 Å². The maximum absolute atomic E-state index is 15.2. The Balaban J connectivity index is 1.74. The molecule has 0 N–H and O–H groups in total. The highest BCUT2D eigenvalue weighted by Gasteiger charge is 2.16. The van der Waals surface area contributed by atoms with E-state index in [0.29, 0.717) is 30.8 Å². The molecule has 7 nitrogen and oxygen atoms in total. The fraction of sp³-hybridized carbons (Fsp3) is 0.333. The van der Waals surface area contributed by atoms with Gasteiger partial charge in [0.15, 0.2) is 0 Å². The lowest BCUT2D eigenvalue weighted by atomic mass is 9.97. The van der Waals surface area contributed by atoms with Crippen LogP contribution in [0.1, 0.15) is 30.7 Å². The maximum atomic E-state index is 15.2. The second-order valence-electron chi connectivity index (χ2n) is 8.41. The third-order valence-electron chi connectivity index (χ3n) is 6.21. The van der Waals surface area contributed by atoms with Crippen LogP contribution in [0.3, 0.4) is 0 Å². The first-order chi connectivity index (χ1) is 16.9. The molecule has 0 aliphatic heterocycles. The Bertz CT molecular complexity index is 1400. The van der Waals surface area contributed by atoms with Crippen LogP contribution in [0.25, 0.3) is 22.2 Å². The van der Waals surface area contributed by atoms with Crippen LogP contribution < -0.4 is 10.5 Å². The largest absolute Gasteiger partial charge is 0.383 e. The zero-order valence-electron chi connectivity index (χ0n) is 20.6. The highest BCUT2D eigenvalue weighted by molar-refractivity contribution is 5.94. The number of halogens is 1. The molecule has 2 aromatic carbocycles. The predicted octanol–water partition coefficient (Wildman–Crippen LogP) is 4.38. The molecule has 4 aromatic rings. The third kappa shape index (κ3) is 5.22. The number of aryl methyl sites for hydroxylation is 2. The number of ether oxygens (including phenoxy) is 1. The Morgan fingerprint density at radius 1 is 1.09 bits per heavy atom. The van der Waals surface area contributed by atoms with Gasteiger partial charge in [0.1, 0.15) is 12.1 Å². The summed E-state index contributed by atoms with van der Waals surface area (Å²) in [6, 6.07) is 12.6. The minimum absolute atomic E-state index is 0.136. The molecule has 182 valence electrons. The minimum Gasteiger partial charge on any atom is -0.383 e. The summed E-state index contributed by atoms with van der Waals surface area (Å²) in [6.45, 7) is 8.58. The Kier molecular flexibility index (Phi) is 7.51. The van der Waals surface area contributed by atoms with Crippen LogP contribution in [0, 0.1) is 12.7 Å². The zero-order chi connectivity index (χ0) is 24.9. The Morgan fingerprint density at radius 3 is 2.66 bits per heavy atom. The average molecular weight is 476 g/mol. The van der Waals surface area contributed by atoms with Crippen molar-refractivity contribution in [3.63, 3.8) is 0 Å². The molecule has 0 aliphatic rings. The number of aromatic nitrogens is 4. The molecule has 8 heteroatoms. The highest BCUT2D eigenvalue weighted by atomic mass is 19.1. The number of benzene rings is 2. The SMILES string of the molecule is CCN(CCOC)c1ccc2c(-c3cc(Cc4ccc(=O)n(CC)n4)c(C)cc3F)ncnc2c1. The van der Waals surface area contributed by atoms with E-state index in [1.807, 2.05) is 38.1 Å². The molecule has 0 unspecified atom stereocenters. The van der Waals surface area contributed by atoms with E-state index in [1.165, 1.54) is 23.1 Å². The second-order valence-corrected chi connectivity index (χ2v) is 8.41. The van der Waals surface area contributed by atoms with Gasteiger partial charge in [0.2, 0.25) is 0 Å². The van der Waals surface area contributed by atoms with Gasteiger partial charge in [-0.05, 0) is 68.3 Å². The Labute approximate surface area is 204 Å². The fourth-order valence-corrected chi connectivity index (χ4v) is 4.22. The summed E-state index contributed by atoms with van der Waals surface area (Å²) in [6.07, 6.45) is 1.96. The van der Waals surface area contributed by atoms with Crippen LogP contribution in [0.15, 0.2) is 53.6 Å². The van der Waals surface area contributed by atoms with Crippen LogP contribution in [0.4, 0.5) is 10.1 Å². The number of anilines is 1. The van der Waals surface area contributed by atoms with Gasteiger partial charge in [-0.3, -0.25) is 4.79 Å². The molecular formula is C27H30FN5O2. The lowest BCUT2D eigenvalue weighted by molar-refractivity contribution is 0.205. The molecule has 0 spiro atoms. The number of hydrogen-bond donors (Lipinski definition) is 0. The number of nitrogens with zero attached hydrogens (tertiary/aromatic N) is 5. The van der Waals surface area contributed by atoms with E-state index in [0.717, 1.165) is 46.5 Å². The minimum atomic E-state index is -0.336. The summed E-state index contributed by atoms with van der Waals surface area (Å²) >= 11 is 0. The molecule has 35 heavy (non-hydrogen) atoms. The van der Waals surface area contributed by atoms with Crippen LogP contribution in [-0.2, 0) is 17.7 Å². The van der Waals surface area contributed by atoms with Gasteiger partial charge in [0.05, 0.1) is 23.5 Å². The maximum Gasteiger partial charge on any atom is 0.266 e. The van der Waals surface area contributed by atoms with Crippen LogP contribution >= 0.6 is 0 Å². The van der Waals surface area contributed by atoms with Crippen molar-refractivity contribution in [1.82, 2.24) is 19.7 Å². The molecule has 4 rings (SSSR count). The molecule has 0 atom stereocenters. The van der Waals surface area contributed by atoms with E-state index in [4.69, 9.17) is 4.74 Å². The van der Waals surface area contributed by atoms with E-state index in [1.54, 1.807) is 13.2 Å². The first-order valence-electron chi connectivity index (χ1n) is 11.8. The van der Waals surface area contributed by atoms with Gasteiger partial charge >= 0.3 is 0 Å². The topological polar surface area (TPSA) is 73.1 Å². The molecule has 0 amide bonds. The molecular weight excluding hydrogens is 445 g/mol. The molecule has 2 aromatic heterocycles. The molecule has 0 aliphatic carbocycles. The third-order valence-corrected chi connectivity index (χ3v) is 6.21. The van der Waals surface area contributed by atoms with E-state index in [9.17, 15) is 4.79 Å². The quantitative estimate of drug-likeness (QED) is 0.358. The monoisotopic (exact) mass is 475 g/mol. The molecule has 2 heterocycles. The van der Waals surface area contributed by atoms with E-state index in [-0.39, 0.29) is 11.4 Å². The summed E-state index contributed by atoms with van der Waals surface area (Å²) in [4.78, 5) is 23.0. The van der Waals surface area contributed by atoms with Crippen LogP contribution in [-0.4, -0.2) is 46.6 Å². The number of likely N-dealkylation sites (N-methyl/N-ethyl adjacent to an activating group) is 1. The molecule has 0 bridgehead atoms. The van der Waals surface area contributed by atoms with Crippen molar-refractivity contribution >= 4 is 16.6 Å². The number of fused-ring (bicyclic) bond motifs is 1. The summed E-state index contributed by atoms with van der Waals surface area (Å²) < 4.78 is 21.9. The average Bonchev–Trinajstić information content (AvgIpc) is 2.86. The number of hydrogen-bond acceptors (Lipinski definition) is 6. The van der Waals surface area contributed by atoms with Crippen molar-refractivity contribution in [1.29, 1.82) is 0 Å². The van der Waals surface area contributed by atoms with Crippen molar-refractivity contribution in [2.24, 2.45) is 0 Å². The molecule has 0 fully saturated rings. The lowest BCUT2D eigenvalue weighted by Crippen LogP contribution is -2.26. The van der Waals surface area contributed by atoms with Crippen LogP contribution in [0.2, 0.25) is 0 Å². The van der Waals surface area contributed by atoms with Crippen molar-refractivity contribution in [2.45, 2.75) is 33.7 Å². The molecule has 0 radical (unpaired) electrons.